The third kappa shape index (κ3) is 4.63. The van der Waals surface area contributed by atoms with Crippen LogP contribution in [0.1, 0.15) is 43.4 Å². The Morgan fingerprint density at radius 1 is 1.19 bits per heavy atom. The number of hydrogen-bond donors (Lipinski definition) is 2. The van der Waals surface area contributed by atoms with Gasteiger partial charge in [0.15, 0.2) is 6.61 Å². The van der Waals surface area contributed by atoms with Crippen molar-refractivity contribution in [1.82, 2.24) is 5.32 Å². The standard InChI is InChI=1S/C21H24N2O3/c1-2-6-18(15-7-4-3-5-8-15)23-21(25)14-26-17-10-11-19-16(13-17)9-12-20(24)22-19/h3-5,7-8,10-11,13,18H,2,6,9,12,14H2,1H3,(H,22,24)(H,23,25)/t18-/m1/s1. The van der Waals surface area contributed by atoms with Crippen LogP contribution in [-0.4, -0.2) is 18.4 Å². The second-order valence-corrected chi connectivity index (χ2v) is 6.48. The van der Waals surface area contributed by atoms with Crippen molar-refractivity contribution in [2.24, 2.45) is 0 Å². The van der Waals surface area contributed by atoms with Crippen LogP contribution in [0.25, 0.3) is 0 Å². The second-order valence-electron chi connectivity index (χ2n) is 6.48. The van der Waals surface area contributed by atoms with E-state index < -0.39 is 0 Å². The van der Waals surface area contributed by atoms with E-state index in [1.807, 2.05) is 42.5 Å². The number of amides is 2. The van der Waals surface area contributed by atoms with Crippen molar-refractivity contribution in [3.8, 4) is 5.75 Å². The highest BCUT2D eigenvalue weighted by atomic mass is 16.5. The fraction of sp³-hybridized carbons (Fsp3) is 0.333. The Morgan fingerprint density at radius 2 is 2.00 bits per heavy atom. The summed E-state index contributed by atoms with van der Waals surface area (Å²) in [5.74, 6) is 0.536. The molecule has 5 nitrogen and oxygen atoms in total. The summed E-state index contributed by atoms with van der Waals surface area (Å²) in [5, 5.41) is 5.89. The highest BCUT2D eigenvalue weighted by Gasteiger charge is 2.16. The number of hydrogen-bond acceptors (Lipinski definition) is 3. The van der Waals surface area contributed by atoms with Crippen molar-refractivity contribution in [3.05, 3.63) is 59.7 Å². The molecule has 1 aliphatic heterocycles. The van der Waals surface area contributed by atoms with Gasteiger partial charge in [-0.2, -0.15) is 0 Å². The molecule has 0 fully saturated rings. The van der Waals surface area contributed by atoms with Crippen LogP contribution in [0.15, 0.2) is 48.5 Å². The van der Waals surface area contributed by atoms with Gasteiger partial charge in [0.2, 0.25) is 5.91 Å². The lowest BCUT2D eigenvalue weighted by Gasteiger charge is -2.20. The van der Waals surface area contributed by atoms with Crippen LogP contribution in [0.5, 0.6) is 5.75 Å². The van der Waals surface area contributed by atoms with Gasteiger partial charge in [-0.05, 0) is 42.2 Å². The van der Waals surface area contributed by atoms with E-state index >= 15 is 0 Å². The lowest BCUT2D eigenvalue weighted by atomic mass is 10.0. The summed E-state index contributed by atoms with van der Waals surface area (Å²) in [5.41, 5.74) is 2.97. The van der Waals surface area contributed by atoms with Gasteiger partial charge >= 0.3 is 0 Å². The zero-order valence-corrected chi connectivity index (χ0v) is 15.0. The second kappa shape index (κ2) is 8.52. The molecule has 2 aromatic carbocycles. The molecule has 0 aliphatic carbocycles. The van der Waals surface area contributed by atoms with Crippen molar-refractivity contribution in [2.45, 2.75) is 38.6 Å². The molecule has 0 unspecified atom stereocenters. The fourth-order valence-corrected chi connectivity index (χ4v) is 3.13. The molecule has 1 atom stereocenters. The monoisotopic (exact) mass is 352 g/mol. The van der Waals surface area contributed by atoms with Crippen LogP contribution in [0.2, 0.25) is 0 Å². The summed E-state index contributed by atoms with van der Waals surface area (Å²) in [6, 6.07) is 15.5. The van der Waals surface area contributed by atoms with Crippen molar-refractivity contribution >= 4 is 17.5 Å². The van der Waals surface area contributed by atoms with E-state index in [0.717, 1.165) is 29.7 Å². The minimum Gasteiger partial charge on any atom is -0.484 e. The molecule has 2 N–H and O–H groups in total. The van der Waals surface area contributed by atoms with E-state index in [1.54, 1.807) is 6.07 Å². The first-order valence-corrected chi connectivity index (χ1v) is 9.05. The molecule has 0 radical (unpaired) electrons. The molecule has 26 heavy (non-hydrogen) atoms. The SMILES string of the molecule is CCC[C@@H](NC(=O)COc1ccc2c(c1)CCC(=O)N2)c1ccccc1. The van der Waals surface area contributed by atoms with Crippen molar-refractivity contribution < 1.29 is 14.3 Å². The molecule has 0 spiro atoms. The van der Waals surface area contributed by atoms with Gasteiger partial charge in [-0.3, -0.25) is 9.59 Å². The van der Waals surface area contributed by atoms with Crippen LogP contribution >= 0.6 is 0 Å². The lowest BCUT2D eigenvalue weighted by molar-refractivity contribution is -0.124. The smallest absolute Gasteiger partial charge is 0.258 e. The maximum Gasteiger partial charge on any atom is 0.258 e. The van der Waals surface area contributed by atoms with Gasteiger partial charge in [0, 0.05) is 12.1 Å². The Morgan fingerprint density at radius 3 is 2.77 bits per heavy atom. The molecular formula is C21H24N2O3. The molecular weight excluding hydrogens is 328 g/mol. The Kier molecular flexibility index (Phi) is 5.89. The molecule has 0 aromatic heterocycles. The van der Waals surface area contributed by atoms with Gasteiger partial charge in [0.05, 0.1) is 6.04 Å². The maximum absolute atomic E-state index is 12.3. The Bertz CT molecular complexity index is 774. The normalized spacial score (nSPS) is 14.1. The van der Waals surface area contributed by atoms with Gasteiger partial charge in [0.25, 0.3) is 5.91 Å². The predicted octanol–water partition coefficient (Wildman–Crippen LogP) is 3.61. The average Bonchev–Trinajstić information content (AvgIpc) is 2.66. The molecule has 2 aromatic rings. The number of fused-ring (bicyclic) bond motifs is 1. The first kappa shape index (κ1) is 18.0. The minimum absolute atomic E-state index is 0.00366. The molecule has 1 heterocycles. The highest BCUT2D eigenvalue weighted by Crippen LogP contribution is 2.26. The number of aryl methyl sites for hydroxylation is 1. The van der Waals surface area contributed by atoms with Gasteiger partial charge < -0.3 is 15.4 Å². The van der Waals surface area contributed by atoms with Gasteiger partial charge in [-0.25, -0.2) is 0 Å². The first-order valence-electron chi connectivity index (χ1n) is 9.05. The molecule has 1 aliphatic rings. The van der Waals surface area contributed by atoms with Crippen LogP contribution < -0.4 is 15.4 Å². The molecule has 5 heteroatoms. The van der Waals surface area contributed by atoms with Crippen LogP contribution in [0.3, 0.4) is 0 Å². The zero-order valence-electron chi connectivity index (χ0n) is 15.0. The van der Waals surface area contributed by atoms with Crippen molar-refractivity contribution in [2.75, 3.05) is 11.9 Å². The molecule has 0 saturated heterocycles. The number of ether oxygens (including phenoxy) is 1. The Hall–Kier alpha value is -2.82. The Balaban J connectivity index is 1.57. The third-order valence-electron chi connectivity index (χ3n) is 4.46. The summed E-state index contributed by atoms with van der Waals surface area (Å²) >= 11 is 0. The average molecular weight is 352 g/mol. The Labute approximate surface area is 153 Å². The van der Waals surface area contributed by atoms with Crippen LogP contribution in [-0.2, 0) is 16.0 Å². The number of carbonyl (C=O) groups excluding carboxylic acids is 2. The van der Waals surface area contributed by atoms with E-state index in [9.17, 15) is 9.59 Å². The third-order valence-corrected chi connectivity index (χ3v) is 4.46. The van der Waals surface area contributed by atoms with Gasteiger partial charge in [-0.15, -0.1) is 0 Å². The van der Waals surface area contributed by atoms with Gasteiger partial charge in [-0.1, -0.05) is 43.7 Å². The summed E-state index contributed by atoms with van der Waals surface area (Å²) in [6.45, 7) is 2.07. The number of carbonyl (C=O) groups is 2. The quantitative estimate of drug-likeness (QED) is 0.800. The maximum atomic E-state index is 12.3. The topological polar surface area (TPSA) is 67.4 Å². The minimum atomic E-state index is -0.140. The summed E-state index contributed by atoms with van der Waals surface area (Å²) in [7, 11) is 0. The molecule has 0 saturated carbocycles. The molecule has 0 bridgehead atoms. The van der Waals surface area contributed by atoms with E-state index in [0.29, 0.717) is 18.6 Å². The summed E-state index contributed by atoms with van der Waals surface area (Å²) in [6.07, 6.45) is 3.04. The molecule has 2 amide bonds. The number of anilines is 1. The van der Waals surface area contributed by atoms with Crippen LogP contribution in [0, 0.1) is 0 Å². The predicted molar refractivity (Wildman–Crippen MR) is 101 cm³/mol. The van der Waals surface area contributed by atoms with E-state index in [4.69, 9.17) is 4.74 Å². The number of nitrogens with one attached hydrogen (secondary N) is 2. The van der Waals surface area contributed by atoms with Crippen molar-refractivity contribution in [3.63, 3.8) is 0 Å². The summed E-state index contributed by atoms with van der Waals surface area (Å²) in [4.78, 5) is 23.7. The van der Waals surface area contributed by atoms with Gasteiger partial charge in [0.1, 0.15) is 5.75 Å². The fourth-order valence-electron chi connectivity index (χ4n) is 3.13. The van der Waals surface area contributed by atoms with E-state index in [-0.39, 0.29) is 24.5 Å². The molecule has 136 valence electrons. The number of benzene rings is 2. The van der Waals surface area contributed by atoms with E-state index in [1.165, 1.54) is 0 Å². The first-order chi connectivity index (χ1) is 12.7. The molecule has 3 rings (SSSR count). The lowest BCUT2D eigenvalue weighted by Crippen LogP contribution is -2.32. The highest BCUT2D eigenvalue weighted by molar-refractivity contribution is 5.94. The van der Waals surface area contributed by atoms with Crippen LogP contribution in [0.4, 0.5) is 5.69 Å². The summed E-state index contributed by atoms with van der Waals surface area (Å²) < 4.78 is 5.65. The largest absolute Gasteiger partial charge is 0.484 e. The number of rotatable bonds is 7. The zero-order chi connectivity index (χ0) is 18.4. The van der Waals surface area contributed by atoms with Crippen molar-refractivity contribution in [1.29, 1.82) is 0 Å². The van der Waals surface area contributed by atoms with E-state index in [2.05, 4.69) is 17.6 Å².